The number of fused-ring (bicyclic) bond motifs is 1. The van der Waals surface area contributed by atoms with Crippen LogP contribution >= 0.6 is 11.3 Å². The molecule has 1 aliphatic rings. The van der Waals surface area contributed by atoms with Gasteiger partial charge < -0.3 is 5.11 Å². The van der Waals surface area contributed by atoms with Crippen LogP contribution in [-0.4, -0.2) is 11.3 Å². The van der Waals surface area contributed by atoms with E-state index in [0.717, 1.165) is 10.4 Å². The Hall–Kier alpha value is -0.930. The summed E-state index contributed by atoms with van der Waals surface area (Å²) in [6, 6.07) is 1.92. The Morgan fingerprint density at radius 2 is 2.45 bits per heavy atom. The molecule has 1 aromatic heterocycles. The van der Waals surface area contributed by atoms with Crippen molar-refractivity contribution in [1.29, 1.82) is 0 Å². The predicted octanol–water partition coefficient (Wildman–Crippen LogP) is 1.84. The molecule has 56 valence electrons. The zero-order chi connectivity index (χ0) is 7.68. The van der Waals surface area contributed by atoms with Crippen LogP contribution in [0.15, 0.2) is 22.6 Å². The monoisotopic (exact) mass is 165 g/mol. The van der Waals surface area contributed by atoms with Crippen LogP contribution in [0, 0.1) is 0 Å². The zero-order valence-corrected chi connectivity index (χ0v) is 6.58. The topological polar surface area (TPSA) is 32.6 Å². The second-order valence-corrected chi connectivity index (χ2v) is 3.25. The minimum absolute atomic E-state index is 0.536. The molecule has 0 radical (unpaired) electrons. The lowest BCUT2D eigenvalue weighted by Gasteiger charge is -2.00. The van der Waals surface area contributed by atoms with Gasteiger partial charge in [-0.1, -0.05) is 0 Å². The van der Waals surface area contributed by atoms with Crippen LogP contribution in [-0.2, 0) is 0 Å². The molecule has 0 spiro atoms. The first-order chi connectivity index (χ1) is 5.38. The lowest BCUT2D eigenvalue weighted by Crippen LogP contribution is -1.96. The van der Waals surface area contributed by atoms with E-state index in [0.29, 0.717) is 0 Å². The molecule has 0 saturated carbocycles. The summed E-state index contributed by atoms with van der Waals surface area (Å²) in [5.74, 6) is 0. The molecular weight excluding hydrogens is 158 g/mol. The minimum atomic E-state index is -0.536. The highest BCUT2D eigenvalue weighted by Gasteiger charge is 2.10. The molecule has 0 aliphatic carbocycles. The maximum absolute atomic E-state index is 9.45. The molecule has 0 bridgehead atoms. The highest BCUT2D eigenvalue weighted by molar-refractivity contribution is 7.11. The fourth-order valence-electron chi connectivity index (χ4n) is 1.03. The molecular formula is C8H7NOS. The maximum atomic E-state index is 9.45. The second kappa shape index (κ2) is 2.60. The summed E-state index contributed by atoms with van der Waals surface area (Å²) in [5.41, 5.74) is 0.951. The van der Waals surface area contributed by atoms with Gasteiger partial charge >= 0.3 is 0 Å². The molecule has 1 aliphatic heterocycles. The van der Waals surface area contributed by atoms with Crippen molar-refractivity contribution in [3.63, 3.8) is 0 Å². The zero-order valence-electron chi connectivity index (χ0n) is 5.77. The Balaban J connectivity index is 2.53. The van der Waals surface area contributed by atoms with Gasteiger partial charge in [-0.3, -0.25) is 4.99 Å². The first-order valence-electron chi connectivity index (χ1n) is 3.33. The fourth-order valence-corrected chi connectivity index (χ4v) is 1.86. The lowest BCUT2D eigenvalue weighted by molar-refractivity contribution is 0.253. The van der Waals surface area contributed by atoms with Crippen molar-refractivity contribution in [3.05, 3.63) is 28.1 Å². The number of hydrogen-bond donors (Lipinski definition) is 1. The van der Waals surface area contributed by atoms with Crippen LogP contribution < -0.4 is 0 Å². The molecule has 1 N–H and O–H groups in total. The number of aliphatic hydroxyl groups excluding tert-OH is 1. The number of aliphatic imine (C=N–C) groups is 1. The number of hydrogen-bond acceptors (Lipinski definition) is 3. The molecule has 2 rings (SSSR count). The van der Waals surface area contributed by atoms with Gasteiger partial charge in [0.25, 0.3) is 0 Å². The highest BCUT2D eigenvalue weighted by Crippen LogP contribution is 2.25. The van der Waals surface area contributed by atoms with Gasteiger partial charge in [0.05, 0.1) is 0 Å². The van der Waals surface area contributed by atoms with E-state index in [1.165, 1.54) is 6.21 Å². The summed E-state index contributed by atoms with van der Waals surface area (Å²) < 4.78 is 0. The SMILES string of the molecule is OC1C=NC=Cc2sccc21. The molecule has 2 nitrogen and oxygen atoms in total. The molecule has 1 aromatic rings. The third-order valence-corrected chi connectivity index (χ3v) is 2.48. The van der Waals surface area contributed by atoms with Crippen molar-refractivity contribution in [2.24, 2.45) is 4.99 Å². The quantitative estimate of drug-likeness (QED) is 0.625. The fraction of sp³-hybridized carbons (Fsp3) is 0.125. The summed E-state index contributed by atoms with van der Waals surface area (Å²) in [6.07, 6.45) is 4.61. The Kier molecular flexibility index (Phi) is 1.60. The molecule has 0 saturated heterocycles. The van der Waals surface area contributed by atoms with E-state index >= 15 is 0 Å². The van der Waals surface area contributed by atoms with Gasteiger partial charge in [-0.15, -0.1) is 11.3 Å². The summed E-state index contributed by atoms with van der Waals surface area (Å²) in [6.45, 7) is 0. The molecule has 1 unspecified atom stereocenters. The second-order valence-electron chi connectivity index (χ2n) is 2.30. The molecule has 0 fully saturated rings. The van der Waals surface area contributed by atoms with E-state index in [2.05, 4.69) is 4.99 Å². The Bertz CT molecular complexity index is 314. The summed E-state index contributed by atoms with van der Waals surface area (Å²) >= 11 is 1.62. The number of thiophene rings is 1. The summed E-state index contributed by atoms with van der Waals surface area (Å²) in [5, 5.41) is 11.4. The van der Waals surface area contributed by atoms with E-state index in [-0.39, 0.29) is 0 Å². The van der Waals surface area contributed by atoms with Crippen molar-refractivity contribution < 1.29 is 5.11 Å². The van der Waals surface area contributed by atoms with Crippen molar-refractivity contribution in [2.45, 2.75) is 6.10 Å². The van der Waals surface area contributed by atoms with Crippen molar-refractivity contribution >= 4 is 23.6 Å². The third kappa shape index (κ3) is 1.13. The number of nitrogens with zero attached hydrogens (tertiary/aromatic N) is 1. The smallest absolute Gasteiger partial charge is 0.115 e. The first-order valence-corrected chi connectivity index (χ1v) is 4.21. The average molecular weight is 165 g/mol. The standard InChI is InChI=1S/C8H7NOS/c10-7-5-9-3-1-8-6(7)2-4-11-8/h1-5,7,10H. The average Bonchev–Trinajstić information content (AvgIpc) is 2.40. The largest absolute Gasteiger partial charge is 0.383 e. The van der Waals surface area contributed by atoms with Crippen molar-refractivity contribution in [1.82, 2.24) is 0 Å². The third-order valence-electron chi connectivity index (χ3n) is 1.59. The minimum Gasteiger partial charge on any atom is -0.383 e. The number of rotatable bonds is 0. The van der Waals surface area contributed by atoms with E-state index < -0.39 is 6.10 Å². The van der Waals surface area contributed by atoms with Gasteiger partial charge in [0, 0.05) is 22.9 Å². The first kappa shape index (κ1) is 6.76. The van der Waals surface area contributed by atoms with Gasteiger partial charge in [0.15, 0.2) is 0 Å². The van der Waals surface area contributed by atoms with Crippen LogP contribution in [0.4, 0.5) is 0 Å². The van der Waals surface area contributed by atoms with Crippen molar-refractivity contribution in [2.75, 3.05) is 0 Å². The van der Waals surface area contributed by atoms with Crippen LogP contribution in [0.3, 0.4) is 0 Å². The molecule has 0 amide bonds. The normalized spacial score (nSPS) is 21.4. The summed E-state index contributed by atoms with van der Waals surface area (Å²) in [7, 11) is 0. The van der Waals surface area contributed by atoms with Crippen LogP contribution in [0.2, 0.25) is 0 Å². The Morgan fingerprint density at radius 1 is 1.55 bits per heavy atom. The molecule has 3 heteroatoms. The van der Waals surface area contributed by atoms with E-state index in [9.17, 15) is 5.11 Å². The summed E-state index contributed by atoms with van der Waals surface area (Å²) in [4.78, 5) is 4.98. The van der Waals surface area contributed by atoms with E-state index in [4.69, 9.17) is 0 Å². The Labute approximate surface area is 68.5 Å². The molecule has 11 heavy (non-hydrogen) atoms. The van der Waals surface area contributed by atoms with Crippen molar-refractivity contribution in [3.8, 4) is 0 Å². The van der Waals surface area contributed by atoms with Crippen LogP contribution in [0.1, 0.15) is 16.5 Å². The maximum Gasteiger partial charge on any atom is 0.115 e. The van der Waals surface area contributed by atoms with Gasteiger partial charge in [0.2, 0.25) is 0 Å². The van der Waals surface area contributed by atoms with Gasteiger partial charge in [-0.25, -0.2) is 0 Å². The Morgan fingerprint density at radius 3 is 3.36 bits per heavy atom. The predicted molar refractivity (Wildman–Crippen MR) is 46.8 cm³/mol. The van der Waals surface area contributed by atoms with Gasteiger partial charge in [-0.05, 0) is 17.5 Å². The van der Waals surface area contributed by atoms with E-state index in [1.807, 2.05) is 17.5 Å². The number of aliphatic hydroxyl groups is 1. The van der Waals surface area contributed by atoms with E-state index in [1.54, 1.807) is 17.5 Å². The van der Waals surface area contributed by atoms with Crippen LogP contribution in [0.5, 0.6) is 0 Å². The van der Waals surface area contributed by atoms with Crippen LogP contribution in [0.25, 0.3) is 6.08 Å². The van der Waals surface area contributed by atoms with Gasteiger partial charge in [-0.2, -0.15) is 0 Å². The highest BCUT2D eigenvalue weighted by atomic mass is 32.1. The van der Waals surface area contributed by atoms with Gasteiger partial charge in [0.1, 0.15) is 6.10 Å². The molecule has 1 atom stereocenters. The molecule has 2 heterocycles. The molecule has 0 aromatic carbocycles. The lowest BCUT2D eigenvalue weighted by atomic mass is 10.1.